The standard InChI is InChI=1S/C23H22N2O5S/c26-23(24-18-10-5-2-6-11-18)22(17-8-3-1-4-9-17)25-31(27,28)19-12-13-20-21(16-19)30-15-7-14-29-20/h1-6,8-13,16,22,25H,7,14-15H2,(H,24,26)/t22-/m0/s1. The highest BCUT2D eigenvalue weighted by Gasteiger charge is 2.28. The zero-order chi connectivity index (χ0) is 21.7. The quantitative estimate of drug-likeness (QED) is 0.614. The van der Waals surface area contributed by atoms with E-state index in [9.17, 15) is 13.2 Å². The number of benzene rings is 3. The van der Waals surface area contributed by atoms with Gasteiger partial charge in [0.15, 0.2) is 11.5 Å². The second kappa shape index (κ2) is 9.20. The number of anilines is 1. The Bertz CT molecular complexity index is 1150. The van der Waals surface area contributed by atoms with E-state index in [2.05, 4.69) is 10.0 Å². The van der Waals surface area contributed by atoms with Gasteiger partial charge in [0.1, 0.15) is 6.04 Å². The monoisotopic (exact) mass is 438 g/mol. The second-order valence-corrected chi connectivity index (χ2v) is 8.69. The summed E-state index contributed by atoms with van der Waals surface area (Å²) >= 11 is 0. The first-order valence-electron chi connectivity index (χ1n) is 9.86. The summed E-state index contributed by atoms with van der Waals surface area (Å²) in [5, 5.41) is 2.76. The molecule has 4 rings (SSSR count). The van der Waals surface area contributed by atoms with Crippen molar-refractivity contribution in [3.63, 3.8) is 0 Å². The van der Waals surface area contributed by atoms with Crippen molar-refractivity contribution < 1.29 is 22.7 Å². The Balaban J connectivity index is 1.63. The smallest absolute Gasteiger partial charge is 0.247 e. The third kappa shape index (κ3) is 5.04. The maximum Gasteiger partial charge on any atom is 0.247 e. The molecule has 3 aromatic carbocycles. The van der Waals surface area contributed by atoms with Crippen LogP contribution in [0, 0.1) is 0 Å². The summed E-state index contributed by atoms with van der Waals surface area (Å²) in [4.78, 5) is 13.0. The van der Waals surface area contributed by atoms with Gasteiger partial charge in [0, 0.05) is 18.2 Å². The first-order valence-corrected chi connectivity index (χ1v) is 11.3. The van der Waals surface area contributed by atoms with Gasteiger partial charge in [-0.05, 0) is 29.8 Å². The van der Waals surface area contributed by atoms with E-state index in [0.29, 0.717) is 42.4 Å². The van der Waals surface area contributed by atoms with Crippen LogP contribution in [-0.2, 0) is 14.8 Å². The van der Waals surface area contributed by atoms with E-state index in [-0.39, 0.29) is 4.90 Å². The highest BCUT2D eigenvalue weighted by atomic mass is 32.2. The number of fused-ring (bicyclic) bond motifs is 1. The first-order chi connectivity index (χ1) is 15.0. The normalized spacial score (nSPS) is 14.3. The number of hydrogen-bond donors (Lipinski definition) is 2. The van der Waals surface area contributed by atoms with E-state index in [1.807, 2.05) is 6.07 Å². The Kier molecular flexibility index (Phi) is 6.20. The van der Waals surface area contributed by atoms with Crippen LogP contribution in [-0.4, -0.2) is 27.5 Å². The number of ether oxygens (including phenoxy) is 2. The van der Waals surface area contributed by atoms with Crippen LogP contribution in [0.5, 0.6) is 11.5 Å². The molecule has 1 aliphatic rings. The summed E-state index contributed by atoms with van der Waals surface area (Å²) in [5.74, 6) is 0.374. The Hall–Kier alpha value is -3.36. The van der Waals surface area contributed by atoms with Crippen molar-refractivity contribution in [2.75, 3.05) is 18.5 Å². The van der Waals surface area contributed by atoms with Crippen LogP contribution >= 0.6 is 0 Å². The molecule has 160 valence electrons. The maximum absolute atomic E-state index is 13.2. The van der Waals surface area contributed by atoms with Gasteiger partial charge in [-0.3, -0.25) is 4.79 Å². The molecule has 0 aliphatic carbocycles. The van der Waals surface area contributed by atoms with Gasteiger partial charge in [0.05, 0.1) is 18.1 Å². The highest BCUT2D eigenvalue weighted by Crippen LogP contribution is 2.32. The van der Waals surface area contributed by atoms with Crippen LogP contribution in [0.15, 0.2) is 83.8 Å². The van der Waals surface area contributed by atoms with Crippen LogP contribution in [0.4, 0.5) is 5.69 Å². The van der Waals surface area contributed by atoms with Crippen molar-refractivity contribution >= 4 is 21.6 Å². The largest absolute Gasteiger partial charge is 0.490 e. The van der Waals surface area contributed by atoms with Crippen molar-refractivity contribution in [3.8, 4) is 11.5 Å². The first kappa shape index (κ1) is 20.9. The molecule has 3 aromatic rings. The van der Waals surface area contributed by atoms with Gasteiger partial charge in [-0.25, -0.2) is 8.42 Å². The molecule has 1 atom stereocenters. The SMILES string of the molecule is O=C(Nc1ccccc1)[C@@H](NS(=O)(=O)c1ccc2c(c1)OCCCO2)c1ccccc1. The third-order valence-corrected chi connectivity index (χ3v) is 6.16. The summed E-state index contributed by atoms with van der Waals surface area (Å²) in [6, 6.07) is 20.9. The highest BCUT2D eigenvalue weighted by molar-refractivity contribution is 7.89. The topological polar surface area (TPSA) is 93.7 Å². The molecule has 2 N–H and O–H groups in total. The van der Waals surface area contributed by atoms with Gasteiger partial charge in [0.25, 0.3) is 0 Å². The predicted molar refractivity (Wildman–Crippen MR) is 117 cm³/mol. The summed E-state index contributed by atoms with van der Waals surface area (Å²) < 4.78 is 40.0. The zero-order valence-corrected chi connectivity index (χ0v) is 17.5. The Morgan fingerprint density at radius 3 is 2.19 bits per heavy atom. The Labute approximate surface area is 181 Å². The molecule has 7 nitrogen and oxygen atoms in total. The number of nitrogens with one attached hydrogen (secondary N) is 2. The van der Waals surface area contributed by atoms with Gasteiger partial charge in [0.2, 0.25) is 15.9 Å². The lowest BCUT2D eigenvalue weighted by Crippen LogP contribution is -2.37. The molecule has 1 amide bonds. The van der Waals surface area contributed by atoms with Crippen molar-refractivity contribution in [1.29, 1.82) is 0 Å². The number of carbonyl (C=O) groups is 1. The van der Waals surface area contributed by atoms with Crippen molar-refractivity contribution in [2.24, 2.45) is 0 Å². The Morgan fingerprint density at radius 2 is 1.48 bits per heavy atom. The molecule has 0 fully saturated rings. The van der Waals surface area contributed by atoms with E-state index in [1.165, 1.54) is 12.1 Å². The zero-order valence-electron chi connectivity index (χ0n) is 16.7. The summed E-state index contributed by atoms with van der Waals surface area (Å²) in [6.45, 7) is 0.948. The van der Waals surface area contributed by atoms with Crippen LogP contribution in [0.3, 0.4) is 0 Å². The lowest BCUT2D eigenvalue weighted by atomic mass is 10.1. The number of para-hydroxylation sites is 1. The molecular formula is C23H22N2O5S. The second-order valence-electron chi connectivity index (χ2n) is 6.98. The molecule has 0 saturated heterocycles. The minimum atomic E-state index is -4.04. The number of amides is 1. The predicted octanol–water partition coefficient (Wildman–Crippen LogP) is 3.51. The van der Waals surface area contributed by atoms with E-state index in [0.717, 1.165) is 0 Å². The molecule has 0 radical (unpaired) electrons. The maximum atomic E-state index is 13.2. The average molecular weight is 439 g/mol. The van der Waals surface area contributed by atoms with Crippen LogP contribution in [0.25, 0.3) is 0 Å². The molecule has 0 unspecified atom stereocenters. The van der Waals surface area contributed by atoms with Gasteiger partial charge in [-0.2, -0.15) is 4.72 Å². The molecule has 0 aromatic heterocycles. The molecule has 0 bridgehead atoms. The van der Waals surface area contributed by atoms with E-state index < -0.39 is 22.0 Å². The molecule has 8 heteroatoms. The van der Waals surface area contributed by atoms with Crippen LogP contribution < -0.4 is 19.5 Å². The minimum Gasteiger partial charge on any atom is -0.490 e. The number of rotatable bonds is 6. The number of hydrogen-bond acceptors (Lipinski definition) is 5. The number of carbonyl (C=O) groups excluding carboxylic acids is 1. The summed E-state index contributed by atoms with van der Waals surface area (Å²) in [7, 11) is -4.04. The molecule has 31 heavy (non-hydrogen) atoms. The third-order valence-electron chi connectivity index (χ3n) is 4.74. The lowest BCUT2D eigenvalue weighted by molar-refractivity contribution is -0.117. The fourth-order valence-corrected chi connectivity index (χ4v) is 4.39. The lowest BCUT2D eigenvalue weighted by Gasteiger charge is -2.19. The van der Waals surface area contributed by atoms with Gasteiger partial charge < -0.3 is 14.8 Å². The molecule has 0 saturated carbocycles. The van der Waals surface area contributed by atoms with Gasteiger partial charge in [-0.1, -0.05) is 48.5 Å². The fourth-order valence-electron chi connectivity index (χ4n) is 3.19. The van der Waals surface area contributed by atoms with E-state index in [1.54, 1.807) is 60.7 Å². The molecule has 1 aliphatic heterocycles. The summed E-state index contributed by atoms with van der Waals surface area (Å²) in [5.41, 5.74) is 1.09. The van der Waals surface area contributed by atoms with Gasteiger partial charge in [-0.15, -0.1) is 0 Å². The average Bonchev–Trinajstić information content (AvgIpc) is 3.04. The van der Waals surface area contributed by atoms with E-state index >= 15 is 0 Å². The molecule has 0 spiro atoms. The summed E-state index contributed by atoms with van der Waals surface area (Å²) in [6.07, 6.45) is 0.713. The van der Waals surface area contributed by atoms with Crippen molar-refractivity contribution in [2.45, 2.75) is 17.4 Å². The molecular weight excluding hydrogens is 416 g/mol. The number of sulfonamides is 1. The Morgan fingerprint density at radius 1 is 0.839 bits per heavy atom. The van der Waals surface area contributed by atoms with Gasteiger partial charge >= 0.3 is 0 Å². The van der Waals surface area contributed by atoms with E-state index in [4.69, 9.17) is 9.47 Å². The van der Waals surface area contributed by atoms with Crippen molar-refractivity contribution in [3.05, 3.63) is 84.4 Å². The van der Waals surface area contributed by atoms with Crippen LogP contribution in [0.1, 0.15) is 18.0 Å². The molecule has 1 heterocycles. The minimum absolute atomic E-state index is 0.00908. The fraction of sp³-hybridized carbons (Fsp3) is 0.174. The van der Waals surface area contributed by atoms with Crippen molar-refractivity contribution in [1.82, 2.24) is 4.72 Å². The van der Waals surface area contributed by atoms with Crippen LogP contribution in [0.2, 0.25) is 0 Å².